The summed E-state index contributed by atoms with van der Waals surface area (Å²) in [7, 11) is 0. The molecule has 2 heterocycles. The standard InChI is InChI=1S/C22H16N2O4.2C2H4O2.Mn/c25-19-5-1-3-15(21(19)27)13-7-9-17(23-11-13)18-10-8-14(12-24-18)16-4-2-6-20(26)22(16)28;2*1-2(3)4;/h1-12,25-28H;2*1H3,(H,3,4);/q;;;+2/p-2. The topological polar surface area (TPSA) is 187 Å². The van der Waals surface area contributed by atoms with Crippen LogP contribution in [0.15, 0.2) is 73.1 Å². The van der Waals surface area contributed by atoms with Crippen molar-refractivity contribution >= 4 is 11.9 Å². The summed E-state index contributed by atoms with van der Waals surface area (Å²) in [6, 6.07) is 16.6. The number of nitrogens with zero attached hydrogens (tertiary/aromatic N) is 2. The van der Waals surface area contributed by atoms with Crippen molar-refractivity contribution in [2.75, 3.05) is 0 Å². The molecule has 0 aliphatic rings. The number of carbonyl (C=O) groups excluding carboxylic acids is 2. The molecule has 11 heteroatoms. The van der Waals surface area contributed by atoms with Gasteiger partial charge in [0, 0.05) is 46.6 Å². The van der Waals surface area contributed by atoms with E-state index in [2.05, 4.69) is 9.97 Å². The van der Waals surface area contributed by atoms with E-state index in [0.29, 0.717) is 33.6 Å². The van der Waals surface area contributed by atoms with Crippen LogP contribution in [0.3, 0.4) is 0 Å². The second kappa shape index (κ2) is 14.1. The molecule has 0 unspecified atom stereocenters. The number of phenols is 4. The second-order valence-electron chi connectivity index (χ2n) is 7.19. The van der Waals surface area contributed by atoms with Crippen LogP contribution in [0, 0.1) is 0 Å². The van der Waals surface area contributed by atoms with E-state index in [1.807, 2.05) is 0 Å². The van der Waals surface area contributed by atoms with Crippen molar-refractivity contribution in [2.24, 2.45) is 0 Å². The molecule has 191 valence electrons. The molecular formula is C26H22MnN2O8. The van der Waals surface area contributed by atoms with Gasteiger partial charge in [0.1, 0.15) is 0 Å². The third-order valence-electron chi connectivity index (χ3n) is 4.44. The van der Waals surface area contributed by atoms with Gasteiger partial charge in [0.2, 0.25) is 0 Å². The van der Waals surface area contributed by atoms with Crippen LogP contribution < -0.4 is 10.2 Å². The zero-order chi connectivity index (χ0) is 26.8. The summed E-state index contributed by atoms with van der Waals surface area (Å²) in [5, 5.41) is 57.0. The van der Waals surface area contributed by atoms with E-state index in [9.17, 15) is 20.4 Å². The molecule has 10 nitrogen and oxygen atoms in total. The smallest absolute Gasteiger partial charge is 0.550 e. The number of aromatic hydroxyl groups is 4. The Morgan fingerprint density at radius 1 is 0.622 bits per heavy atom. The molecule has 2 aromatic heterocycles. The maximum absolute atomic E-state index is 9.99. The Kier molecular flexibility index (Phi) is 11.6. The fourth-order valence-corrected chi connectivity index (χ4v) is 2.94. The van der Waals surface area contributed by atoms with Gasteiger partial charge in [-0.2, -0.15) is 0 Å². The first kappa shape index (κ1) is 30.4. The number of hydrogen-bond donors (Lipinski definition) is 4. The molecule has 2 aromatic carbocycles. The van der Waals surface area contributed by atoms with Gasteiger partial charge >= 0.3 is 17.1 Å². The number of aromatic nitrogens is 2. The molecule has 4 rings (SSSR count). The normalized spacial score (nSPS) is 9.46. The number of aliphatic carboxylic acids is 2. The number of pyridine rings is 2. The predicted octanol–water partition coefficient (Wildman–Crippen LogP) is 1.81. The van der Waals surface area contributed by atoms with Gasteiger partial charge in [-0.25, -0.2) is 0 Å². The molecule has 0 amide bonds. The fraction of sp³-hybridized carbons (Fsp3) is 0.0769. The number of carboxylic acid groups (broad SMARTS) is 2. The Labute approximate surface area is 222 Å². The average molecular weight is 545 g/mol. The predicted molar refractivity (Wildman–Crippen MR) is 126 cm³/mol. The van der Waals surface area contributed by atoms with Gasteiger partial charge in [0.05, 0.1) is 11.4 Å². The number of phenolic OH excluding ortho intramolecular Hbond substituents is 4. The number of rotatable bonds is 3. The van der Waals surface area contributed by atoms with Crippen molar-refractivity contribution in [3.05, 3.63) is 73.1 Å². The van der Waals surface area contributed by atoms with Gasteiger partial charge in [-0.1, -0.05) is 36.4 Å². The van der Waals surface area contributed by atoms with Gasteiger partial charge in [0.25, 0.3) is 0 Å². The van der Waals surface area contributed by atoms with Crippen LogP contribution in [0.25, 0.3) is 33.6 Å². The van der Waals surface area contributed by atoms with E-state index in [-0.39, 0.29) is 40.1 Å². The Morgan fingerprint density at radius 2 is 0.946 bits per heavy atom. The zero-order valence-corrected chi connectivity index (χ0v) is 20.8. The van der Waals surface area contributed by atoms with Gasteiger partial charge in [-0.05, 0) is 38.1 Å². The summed E-state index contributed by atoms with van der Waals surface area (Å²) in [6.07, 6.45) is 3.20. The molecule has 0 fully saturated rings. The van der Waals surface area contributed by atoms with Crippen LogP contribution in [0.1, 0.15) is 13.8 Å². The minimum atomic E-state index is -1.08. The van der Waals surface area contributed by atoms with Gasteiger partial charge < -0.3 is 40.2 Å². The number of carbonyl (C=O) groups is 2. The average Bonchev–Trinajstić information content (AvgIpc) is 2.82. The largest absolute Gasteiger partial charge is 2.00 e. The maximum Gasteiger partial charge on any atom is 2.00 e. The molecule has 37 heavy (non-hydrogen) atoms. The second-order valence-corrected chi connectivity index (χ2v) is 7.19. The summed E-state index contributed by atoms with van der Waals surface area (Å²) >= 11 is 0. The quantitative estimate of drug-likeness (QED) is 0.218. The molecular weight excluding hydrogens is 523 g/mol. The summed E-state index contributed by atoms with van der Waals surface area (Å²) in [5.74, 6) is -2.92. The van der Waals surface area contributed by atoms with Crippen LogP contribution in [0.5, 0.6) is 23.0 Å². The number of benzene rings is 2. The third-order valence-corrected chi connectivity index (χ3v) is 4.44. The van der Waals surface area contributed by atoms with E-state index >= 15 is 0 Å². The summed E-state index contributed by atoms with van der Waals surface area (Å²) in [4.78, 5) is 26.5. The number of para-hydroxylation sites is 2. The zero-order valence-electron chi connectivity index (χ0n) is 19.6. The van der Waals surface area contributed by atoms with Gasteiger partial charge in [-0.3, -0.25) is 9.97 Å². The van der Waals surface area contributed by atoms with Crippen LogP contribution >= 0.6 is 0 Å². The summed E-state index contributed by atoms with van der Waals surface area (Å²) in [6.45, 7) is 1.94. The van der Waals surface area contributed by atoms with Crippen molar-refractivity contribution in [1.29, 1.82) is 0 Å². The summed E-state index contributed by atoms with van der Waals surface area (Å²) in [5.41, 5.74) is 3.57. The van der Waals surface area contributed by atoms with E-state index in [1.165, 1.54) is 12.1 Å². The first-order valence-electron chi connectivity index (χ1n) is 10.3. The number of carboxylic acids is 2. The Hall–Kier alpha value is -4.60. The Balaban J connectivity index is 0.000000671. The van der Waals surface area contributed by atoms with Crippen LogP contribution in [0.2, 0.25) is 0 Å². The minimum Gasteiger partial charge on any atom is -0.550 e. The van der Waals surface area contributed by atoms with E-state index in [0.717, 1.165) is 13.8 Å². The van der Waals surface area contributed by atoms with E-state index < -0.39 is 11.9 Å². The maximum atomic E-state index is 9.99. The minimum absolute atomic E-state index is 0. The molecule has 0 spiro atoms. The van der Waals surface area contributed by atoms with Crippen LogP contribution in [-0.4, -0.2) is 42.3 Å². The van der Waals surface area contributed by atoms with Crippen molar-refractivity contribution in [3.63, 3.8) is 0 Å². The Morgan fingerprint density at radius 3 is 1.22 bits per heavy atom. The molecule has 0 saturated carbocycles. The van der Waals surface area contributed by atoms with Crippen molar-refractivity contribution < 1.29 is 57.3 Å². The van der Waals surface area contributed by atoms with Crippen LogP contribution in [0.4, 0.5) is 0 Å². The van der Waals surface area contributed by atoms with Gasteiger partial charge in [-0.15, -0.1) is 0 Å². The first-order valence-corrected chi connectivity index (χ1v) is 10.3. The number of hydrogen-bond acceptors (Lipinski definition) is 10. The molecule has 0 saturated heterocycles. The molecule has 0 bridgehead atoms. The van der Waals surface area contributed by atoms with Gasteiger partial charge in [0.15, 0.2) is 23.0 Å². The molecule has 4 N–H and O–H groups in total. The van der Waals surface area contributed by atoms with Crippen molar-refractivity contribution in [2.45, 2.75) is 13.8 Å². The molecule has 4 aromatic rings. The summed E-state index contributed by atoms with van der Waals surface area (Å²) < 4.78 is 0. The molecule has 0 aliphatic heterocycles. The third kappa shape index (κ3) is 8.84. The SMILES string of the molecule is CC(=O)[O-].CC(=O)[O-].Oc1cccc(-c2ccc(-c3ccc(-c4cccc(O)c4O)cn3)nc2)c1O.[Mn+2]. The Bertz CT molecular complexity index is 1230. The van der Waals surface area contributed by atoms with E-state index in [1.54, 1.807) is 60.9 Å². The van der Waals surface area contributed by atoms with E-state index in [4.69, 9.17) is 19.8 Å². The molecule has 1 radical (unpaired) electrons. The van der Waals surface area contributed by atoms with Crippen molar-refractivity contribution in [3.8, 4) is 56.6 Å². The fourth-order valence-electron chi connectivity index (χ4n) is 2.94. The molecule has 0 aliphatic carbocycles. The van der Waals surface area contributed by atoms with Crippen molar-refractivity contribution in [1.82, 2.24) is 9.97 Å². The first-order chi connectivity index (χ1) is 17.0. The monoisotopic (exact) mass is 545 g/mol. The molecule has 0 atom stereocenters. The van der Waals surface area contributed by atoms with Crippen LogP contribution in [-0.2, 0) is 26.7 Å².